The maximum absolute atomic E-state index is 10.8. The van der Waals surface area contributed by atoms with Crippen LogP contribution in [0.5, 0.6) is 0 Å². The van der Waals surface area contributed by atoms with E-state index in [0.717, 1.165) is 18.3 Å². The number of aliphatic hydroxyl groups is 1. The minimum atomic E-state index is -1.00. The van der Waals surface area contributed by atoms with Crippen molar-refractivity contribution in [3.8, 4) is 11.1 Å². The summed E-state index contributed by atoms with van der Waals surface area (Å²) >= 11 is 0. The van der Waals surface area contributed by atoms with Gasteiger partial charge in [-0.15, -0.1) is 0 Å². The average Bonchev–Trinajstić information content (AvgIpc) is 3.68. The van der Waals surface area contributed by atoms with Gasteiger partial charge in [0.1, 0.15) is 0 Å². The van der Waals surface area contributed by atoms with Crippen LogP contribution >= 0.6 is 0 Å². The van der Waals surface area contributed by atoms with E-state index >= 15 is 0 Å². The number of nitrogens with zero attached hydrogens (tertiary/aromatic N) is 1. The molecule has 1 radical (unpaired) electrons. The second kappa shape index (κ2) is 9.93. The molecule has 3 aliphatic carbocycles. The Morgan fingerprint density at radius 1 is 0.660 bits per heavy atom. The van der Waals surface area contributed by atoms with Crippen LogP contribution in [0.3, 0.4) is 0 Å². The lowest BCUT2D eigenvalue weighted by molar-refractivity contribution is -0.0893. The Hall–Kier alpha value is -4.64. The summed E-state index contributed by atoms with van der Waals surface area (Å²) in [6.45, 7) is 7.45. The molecule has 0 aliphatic heterocycles. The van der Waals surface area contributed by atoms with Crippen LogP contribution in [0.4, 0.5) is 0 Å². The van der Waals surface area contributed by atoms with E-state index in [0.29, 0.717) is 0 Å². The normalized spacial score (nSPS) is 18.4. The van der Waals surface area contributed by atoms with Crippen LogP contribution in [0.25, 0.3) is 44.2 Å². The molecule has 3 nitrogen and oxygen atoms in total. The van der Waals surface area contributed by atoms with Gasteiger partial charge in [0.15, 0.2) is 0 Å². The number of hydrogen-bond donors (Lipinski definition) is 1. The second-order valence-electron chi connectivity index (χ2n) is 14.3. The first-order valence-corrected chi connectivity index (χ1v) is 16.7. The number of allylic oxidation sites excluding steroid dienone is 4. The van der Waals surface area contributed by atoms with Crippen LogP contribution in [-0.4, -0.2) is 28.4 Å². The Balaban J connectivity index is 1.29. The highest BCUT2D eigenvalue weighted by molar-refractivity contribution is 6.47. The highest BCUT2D eigenvalue weighted by atomic mass is 16.5. The number of fused-ring (bicyclic) bond motifs is 12. The quantitative estimate of drug-likeness (QED) is 0.198. The number of hydrogen-bond acceptors (Lipinski definition) is 2. The maximum atomic E-state index is 10.8. The highest BCUT2D eigenvalue weighted by Gasteiger charge is 2.53. The molecule has 1 atom stereocenters. The maximum Gasteiger partial charge on any atom is 0.330 e. The molecule has 1 unspecified atom stereocenters. The Labute approximate surface area is 277 Å². The van der Waals surface area contributed by atoms with Crippen LogP contribution in [0.15, 0.2) is 127 Å². The molecule has 1 heterocycles. The van der Waals surface area contributed by atoms with Gasteiger partial charge in [-0.1, -0.05) is 109 Å². The summed E-state index contributed by atoms with van der Waals surface area (Å²) < 4.78 is 8.79. The Morgan fingerprint density at radius 3 is 1.91 bits per heavy atom. The number of para-hydroxylation sites is 2. The lowest BCUT2D eigenvalue weighted by Gasteiger charge is -2.37. The molecule has 3 aliphatic rings. The van der Waals surface area contributed by atoms with Crippen LogP contribution in [-0.2, 0) is 10.1 Å². The first-order chi connectivity index (χ1) is 22.7. The molecule has 0 saturated carbocycles. The lowest BCUT2D eigenvalue weighted by atomic mass is 9.67. The van der Waals surface area contributed by atoms with E-state index < -0.39 is 16.6 Å². The summed E-state index contributed by atoms with van der Waals surface area (Å²) in [4.78, 5) is 0. The van der Waals surface area contributed by atoms with E-state index in [2.05, 4.69) is 126 Å². The van der Waals surface area contributed by atoms with E-state index in [1.165, 1.54) is 72.0 Å². The Bertz CT molecular complexity index is 2280. The molecule has 47 heavy (non-hydrogen) atoms. The molecule has 6 aromatic rings. The van der Waals surface area contributed by atoms with Crippen molar-refractivity contribution in [2.75, 3.05) is 0 Å². The van der Waals surface area contributed by atoms with Gasteiger partial charge in [0.05, 0.1) is 27.7 Å². The Kier molecular flexibility index (Phi) is 6.04. The summed E-state index contributed by atoms with van der Waals surface area (Å²) in [5, 5.41) is 13.4. The van der Waals surface area contributed by atoms with Crippen molar-refractivity contribution in [3.05, 3.63) is 149 Å². The molecule has 0 bridgehead atoms. The SMILES string of the molecule is CC(C)(O)C(C)(C)O[B]c1ccc2c(c1)C1(C3=C(CCC(n4c5ccccc5c5ccccc54)=C3)c3ccccc31)c1ccccc1-2. The molecular formula is C43H37BNO2. The first-order valence-electron chi connectivity index (χ1n) is 16.7. The summed E-state index contributed by atoms with van der Waals surface area (Å²) in [5.41, 5.74) is 13.3. The standard InChI is InChI=1S/C43H37BNO2/c1-41(2,46)42(3,4)47-44-27-21-23-31-29-13-5-9-17-35(29)43(37(31)25-27)36-18-10-6-14-30(36)32-24-22-28(26-38(32)43)45-39-19-11-7-15-33(39)34-16-8-12-20-40(34)45/h5-21,23,25-26,46H,22,24H2,1-4H3. The molecule has 229 valence electrons. The first kappa shape index (κ1) is 28.6. The molecule has 9 rings (SSSR count). The fourth-order valence-electron chi connectivity index (χ4n) is 8.26. The van der Waals surface area contributed by atoms with Gasteiger partial charge in [-0.05, 0) is 103 Å². The molecular weight excluding hydrogens is 573 g/mol. The minimum absolute atomic E-state index is 0.447. The summed E-state index contributed by atoms with van der Waals surface area (Å²) in [7, 11) is 1.82. The fraction of sp³-hybridized carbons (Fsp3) is 0.209. The lowest BCUT2D eigenvalue weighted by Crippen LogP contribution is -2.49. The van der Waals surface area contributed by atoms with Gasteiger partial charge < -0.3 is 14.3 Å². The molecule has 0 fully saturated rings. The zero-order valence-corrected chi connectivity index (χ0v) is 27.3. The van der Waals surface area contributed by atoms with Crippen LogP contribution in [0.1, 0.15) is 62.8 Å². The Morgan fingerprint density at radius 2 is 1.23 bits per heavy atom. The predicted molar refractivity (Wildman–Crippen MR) is 195 cm³/mol. The molecule has 0 saturated heterocycles. The summed E-state index contributed by atoms with van der Waals surface area (Å²) in [5.74, 6) is 0. The number of benzene rings is 5. The summed E-state index contributed by atoms with van der Waals surface area (Å²) in [6, 6.07) is 42.4. The van der Waals surface area contributed by atoms with Crippen molar-refractivity contribution in [3.63, 3.8) is 0 Å². The van der Waals surface area contributed by atoms with Crippen LogP contribution in [0.2, 0.25) is 0 Å². The molecule has 5 aromatic carbocycles. The van der Waals surface area contributed by atoms with E-state index in [1.807, 2.05) is 21.3 Å². The molecule has 4 heteroatoms. The second-order valence-corrected chi connectivity index (χ2v) is 14.3. The van der Waals surface area contributed by atoms with Crippen molar-refractivity contribution < 1.29 is 9.76 Å². The van der Waals surface area contributed by atoms with Crippen molar-refractivity contribution in [2.24, 2.45) is 0 Å². The fourth-order valence-corrected chi connectivity index (χ4v) is 8.26. The highest BCUT2D eigenvalue weighted by Crippen LogP contribution is 2.63. The third-order valence-corrected chi connectivity index (χ3v) is 11.2. The van der Waals surface area contributed by atoms with Crippen LogP contribution in [0, 0.1) is 0 Å². The molecule has 0 amide bonds. The van der Waals surface area contributed by atoms with Crippen molar-refractivity contribution in [2.45, 2.75) is 57.2 Å². The van der Waals surface area contributed by atoms with Gasteiger partial charge in [0.2, 0.25) is 0 Å². The van der Waals surface area contributed by atoms with E-state index in [9.17, 15) is 5.11 Å². The third kappa shape index (κ3) is 3.89. The van der Waals surface area contributed by atoms with Gasteiger partial charge in [-0.3, -0.25) is 0 Å². The molecule has 1 aromatic heterocycles. The van der Waals surface area contributed by atoms with E-state index in [4.69, 9.17) is 4.65 Å². The average molecular weight is 611 g/mol. The number of rotatable bonds is 5. The van der Waals surface area contributed by atoms with Gasteiger partial charge in [0.25, 0.3) is 0 Å². The van der Waals surface area contributed by atoms with Gasteiger partial charge in [-0.25, -0.2) is 0 Å². The monoisotopic (exact) mass is 610 g/mol. The van der Waals surface area contributed by atoms with Crippen molar-refractivity contribution in [1.29, 1.82) is 0 Å². The minimum Gasteiger partial charge on any atom is -0.427 e. The van der Waals surface area contributed by atoms with E-state index in [1.54, 1.807) is 13.8 Å². The zero-order chi connectivity index (χ0) is 32.1. The smallest absolute Gasteiger partial charge is 0.330 e. The van der Waals surface area contributed by atoms with E-state index in [-0.39, 0.29) is 0 Å². The van der Waals surface area contributed by atoms with Gasteiger partial charge in [-0.2, -0.15) is 0 Å². The van der Waals surface area contributed by atoms with Crippen LogP contribution < -0.4 is 5.46 Å². The molecule has 1 spiro atoms. The topological polar surface area (TPSA) is 34.4 Å². The van der Waals surface area contributed by atoms with Crippen molar-refractivity contribution in [1.82, 2.24) is 4.57 Å². The summed E-state index contributed by atoms with van der Waals surface area (Å²) in [6.07, 6.45) is 4.47. The number of aromatic nitrogens is 1. The zero-order valence-electron chi connectivity index (χ0n) is 27.3. The van der Waals surface area contributed by atoms with Crippen molar-refractivity contribution >= 4 is 46.0 Å². The molecule has 1 N–H and O–H groups in total. The largest absolute Gasteiger partial charge is 0.427 e. The predicted octanol–water partition coefficient (Wildman–Crippen LogP) is 9.02. The van der Waals surface area contributed by atoms with Gasteiger partial charge in [0, 0.05) is 16.5 Å². The third-order valence-electron chi connectivity index (χ3n) is 11.2. The van der Waals surface area contributed by atoms with Gasteiger partial charge >= 0.3 is 7.48 Å².